The van der Waals surface area contributed by atoms with E-state index >= 15 is 0 Å². The molecule has 0 aromatic heterocycles. The lowest BCUT2D eigenvalue weighted by molar-refractivity contribution is -0.141. The maximum atomic E-state index is 14.3. The molecule has 0 fully saturated rings. The number of amides is 3. The molecule has 0 saturated carbocycles. The summed E-state index contributed by atoms with van der Waals surface area (Å²) in [6, 6.07) is 10.4. The Morgan fingerprint density at radius 1 is 1.10 bits per heavy atom. The van der Waals surface area contributed by atoms with Crippen LogP contribution in [0.3, 0.4) is 0 Å². The Morgan fingerprint density at radius 2 is 1.77 bits per heavy atom. The fourth-order valence-corrected chi connectivity index (χ4v) is 4.61. The minimum absolute atomic E-state index is 0.0768. The van der Waals surface area contributed by atoms with Crippen LogP contribution in [0, 0.1) is 25.2 Å². The van der Waals surface area contributed by atoms with Crippen molar-refractivity contribution in [2.45, 2.75) is 85.4 Å². The Hall–Kier alpha value is -3.50. The number of hydrogen-bond acceptors (Lipinski definition) is 4. The topological polar surface area (TPSA) is 87.7 Å². The number of anilines is 1. The standard InChI is InChI=1S/C32H42ClN3O4/c1-9-11-19-36(30(38)26(20-21(3)4)34-31(39)40-32(6,7)8)28(24-17-13-12-16-23(24)10-2)29(37)35-27-22(5)15-14-18-25(27)33/h2,12-18,21,26,28H,9,11,19-20H2,1,3-8H3,(H,34,39)(H,35,37). The summed E-state index contributed by atoms with van der Waals surface area (Å²) >= 11 is 6.44. The molecule has 2 atom stereocenters. The number of rotatable bonds is 11. The lowest BCUT2D eigenvalue weighted by Crippen LogP contribution is -2.53. The summed E-state index contributed by atoms with van der Waals surface area (Å²) in [5.41, 5.74) is 1.51. The third kappa shape index (κ3) is 9.31. The Kier molecular flexibility index (Phi) is 12.1. The van der Waals surface area contributed by atoms with E-state index in [9.17, 15) is 14.4 Å². The molecular formula is C32H42ClN3O4. The van der Waals surface area contributed by atoms with Crippen LogP contribution in [0.2, 0.25) is 5.02 Å². The number of para-hydroxylation sites is 1. The summed E-state index contributed by atoms with van der Waals surface area (Å²) in [4.78, 5) is 42.7. The molecule has 0 aliphatic heterocycles. The van der Waals surface area contributed by atoms with Crippen molar-refractivity contribution in [3.05, 3.63) is 64.2 Å². The molecule has 3 amide bonds. The highest BCUT2D eigenvalue weighted by molar-refractivity contribution is 6.34. The zero-order valence-electron chi connectivity index (χ0n) is 24.6. The van der Waals surface area contributed by atoms with E-state index in [-0.39, 0.29) is 12.5 Å². The summed E-state index contributed by atoms with van der Waals surface area (Å²) in [7, 11) is 0. The van der Waals surface area contributed by atoms with Gasteiger partial charge in [-0.05, 0) is 69.7 Å². The number of ether oxygens (including phenoxy) is 1. The van der Waals surface area contributed by atoms with Crippen LogP contribution < -0.4 is 10.6 Å². The molecule has 2 aromatic rings. The molecule has 0 bridgehead atoms. The maximum Gasteiger partial charge on any atom is 0.408 e. The van der Waals surface area contributed by atoms with Crippen LogP contribution in [0.4, 0.5) is 10.5 Å². The number of alkyl carbamates (subject to hydrolysis) is 1. The second kappa shape index (κ2) is 14.8. The first-order valence-corrected chi connectivity index (χ1v) is 14.1. The number of halogens is 1. The first-order valence-electron chi connectivity index (χ1n) is 13.7. The monoisotopic (exact) mass is 567 g/mol. The van der Waals surface area contributed by atoms with Gasteiger partial charge in [-0.3, -0.25) is 9.59 Å². The largest absolute Gasteiger partial charge is 0.444 e. The van der Waals surface area contributed by atoms with Gasteiger partial charge in [0.2, 0.25) is 5.91 Å². The Bertz CT molecular complexity index is 1210. The Morgan fingerprint density at radius 3 is 2.35 bits per heavy atom. The van der Waals surface area contributed by atoms with Crippen LogP contribution in [0.25, 0.3) is 0 Å². The third-order valence-electron chi connectivity index (χ3n) is 6.17. The van der Waals surface area contributed by atoms with E-state index in [1.807, 2.05) is 33.8 Å². The average Bonchev–Trinajstić information content (AvgIpc) is 2.86. The normalized spacial score (nSPS) is 12.7. The van der Waals surface area contributed by atoms with E-state index in [0.717, 1.165) is 12.0 Å². The van der Waals surface area contributed by atoms with Crippen molar-refractivity contribution < 1.29 is 19.1 Å². The van der Waals surface area contributed by atoms with Crippen LogP contribution in [0.5, 0.6) is 0 Å². The van der Waals surface area contributed by atoms with Gasteiger partial charge in [-0.15, -0.1) is 6.42 Å². The van der Waals surface area contributed by atoms with Crippen LogP contribution in [0.1, 0.15) is 83.5 Å². The zero-order chi connectivity index (χ0) is 30.0. The molecule has 40 heavy (non-hydrogen) atoms. The van der Waals surface area contributed by atoms with Gasteiger partial charge in [0.1, 0.15) is 17.7 Å². The predicted octanol–water partition coefficient (Wildman–Crippen LogP) is 6.88. The summed E-state index contributed by atoms with van der Waals surface area (Å²) < 4.78 is 5.45. The minimum atomic E-state index is -1.07. The van der Waals surface area contributed by atoms with Gasteiger partial charge < -0.3 is 20.3 Å². The first-order chi connectivity index (χ1) is 18.8. The zero-order valence-corrected chi connectivity index (χ0v) is 25.4. The van der Waals surface area contributed by atoms with Crippen molar-refractivity contribution in [3.63, 3.8) is 0 Å². The van der Waals surface area contributed by atoms with Gasteiger partial charge in [0.05, 0.1) is 10.7 Å². The maximum absolute atomic E-state index is 14.3. The second-order valence-corrected chi connectivity index (χ2v) is 11.7. The van der Waals surface area contributed by atoms with Gasteiger partial charge in [0, 0.05) is 12.1 Å². The molecule has 8 heteroatoms. The molecule has 2 rings (SSSR count). The number of unbranched alkanes of at least 4 members (excludes halogenated alkanes) is 1. The number of terminal acetylenes is 1. The van der Waals surface area contributed by atoms with E-state index < -0.39 is 35.6 Å². The molecule has 216 valence electrons. The molecule has 2 aromatic carbocycles. The summed E-state index contributed by atoms with van der Waals surface area (Å²) in [6.45, 7) is 13.3. The van der Waals surface area contributed by atoms with Crippen molar-refractivity contribution in [2.24, 2.45) is 5.92 Å². The number of aryl methyl sites for hydroxylation is 1. The van der Waals surface area contributed by atoms with Gasteiger partial charge in [0.25, 0.3) is 5.91 Å². The Labute approximate surface area is 244 Å². The van der Waals surface area contributed by atoms with Gasteiger partial charge >= 0.3 is 6.09 Å². The molecule has 0 radical (unpaired) electrons. The highest BCUT2D eigenvalue weighted by Crippen LogP contribution is 2.31. The van der Waals surface area contributed by atoms with Crippen LogP contribution in [0.15, 0.2) is 42.5 Å². The van der Waals surface area contributed by atoms with Crippen molar-refractivity contribution in [3.8, 4) is 12.3 Å². The minimum Gasteiger partial charge on any atom is -0.444 e. The molecule has 0 aliphatic rings. The third-order valence-corrected chi connectivity index (χ3v) is 6.49. The van der Waals surface area contributed by atoms with Crippen LogP contribution >= 0.6 is 11.6 Å². The number of nitrogens with one attached hydrogen (secondary N) is 2. The number of carbonyl (C=O) groups is 3. The van der Waals surface area contributed by atoms with Crippen molar-refractivity contribution >= 4 is 35.2 Å². The quantitative estimate of drug-likeness (QED) is 0.290. The second-order valence-electron chi connectivity index (χ2n) is 11.3. The molecule has 7 nitrogen and oxygen atoms in total. The van der Waals surface area contributed by atoms with E-state index in [4.69, 9.17) is 22.8 Å². The smallest absolute Gasteiger partial charge is 0.408 e. The van der Waals surface area contributed by atoms with E-state index in [2.05, 4.69) is 16.6 Å². The number of nitrogens with zero attached hydrogens (tertiary/aromatic N) is 1. The van der Waals surface area contributed by atoms with Crippen molar-refractivity contribution in [1.29, 1.82) is 0 Å². The predicted molar refractivity (Wildman–Crippen MR) is 161 cm³/mol. The molecule has 0 saturated heterocycles. The number of carbonyl (C=O) groups excluding carboxylic acids is 3. The van der Waals surface area contributed by atoms with Crippen LogP contribution in [-0.2, 0) is 14.3 Å². The first kappa shape index (κ1) is 32.7. The van der Waals surface area contributed by atoms with Gasteiger partial charge in [0.15, 0.2) is 0 Å². The number of benzene rings is 2. The van der Waals surface area contributed by atoms with E-state index in [1.165, 1.54) is 4.90 Å². The summed E-state index contributed by atoms with van der Waals surface area (Å²) in [5.74, 6) is 1.88. The van der Waals surface area contributed by atoms with E-state index in [1.54, 1.807) is 57.2 Å². The van der Waals surface area contributed by atoms with Crippen molar-refractivity contribution in [1.82, 2.24) is 10.2 Å². The lowest BCUT2D eigenvalue weighted by atomic mass is 9.95. The molecule has 0 heterocycles. The Balaban J connectivity index is 2.63. The summed E-state index contributed by atoms with van der Waals surface area (Å²) in [5, 5.41) is 6.09. The van der Waals surface area contributed by atoms with Gasteiger partial charge in [-0.25, -0.2) is 4.79 Å². The van der Waals surface area contributed by atoms with Gasteiger partial charge in [-0.2, -0.15) is 0 Å². The fourth-order valence-electron chi connectivity index (χ4n) is 4.34. The SMILES string of the molecule is C#Cc1ccccc1C(C(=O)Nc1c(C)cccc1Cl)N(CCCC)C(=O)C(CC(C)C)NC(=O)OC(C)(C)C. The lowest BCUT2D eigenvalue weighted by Gasteiger charge is -2.35. The highest BCUT2D eigenvalue weighted by atomic mass is 35.5. The number of hydrogen-bond donors (Lipinski definition) is 2. The van der Waals surface area contributed by atoms with Crippen molar-refractivity contribution in [2.75, 3.05) is 11.9 Å². The van der Waals surface area contributed by atoms with Crippen LogP contribution in [-0.4, -0.2) is 41.0 Å². The molecule has 0 aliphatic carbocycles. The molecule has 2 N–H and O–H groups in total. The molecule has 0 spiro atoms. The molecule has 2 unspecified atom stereocenters. The fraction of sp³-hybridized carbons (Fsp3) is 0.469. The van der Waals surface area contributed by atoms with E-state index in [0.29, 0.717) is 34.7 Å². The highest BCUT2D eigenvalue weighted by Gasteiger charge is 2.37. The average molecular weight is 568 g/mol. The van der Waals surface area contributed by atoms with Gasteiger partial charge in [-0.1, -0.05) is 75.0 Å². The summed E-state index contributed by atoms with van der Waals surface area (Å²) in [6.07, 6.45) is 6.92. The molecular weight excluding hydrogens is 526 g/mol.